The molecule has 0 aromatic heterocycles. The van der Waals surface area contributed by atoms with Gasteiger partial charge in [-0.1, -0.05) is 91.9 Å². The molecule has 1 spiro atoms. The number of hydrogen-bond donors (Lipinski definition) is 3. The third-order valence-electron chi connectivity index (χ3n) is 24.6. The Hall–Kier alpha value is -6.58. The molecule has 9 fully saturated rings. The molecule has 5 heterocycles. The molecule has 0 aromatic rings. The number of piperidine rings is 1. The minimum Gasteiger partial charge on any atom is -0.343 e. The van der Waals surface area contributed by atoms with Gasteiger partial charge in [0.05, 0.1) is 25.2 Å². The van der Waals surface area contributed by atoms with Gasteiger partial charge in [0, 0.05) is 68.5 Å². The first kappa shape index (κ1) is 79.5. The maximum atomic E-state index is 15.8. The Morgan fingerprint density at radius 2 is 1.21 bits per heavy atom. The summed E-state index contributed by atoms with van der Waals surface area (Å²) >= 11 is 0. The monoisotopic (exact) mass is 1440 g/mol. The van der Waals surface area contributed by atoms with E-state index in [1.54, 1.807) is 25.8 Å². The van der Waals surface area contributed by atoms with Crippen molar-refractivity contribution in [2.75, 3.05) is 75.0 Å². The van der Waals surface area contributed by atoms with Crippen LogP contribution in [0.1, 0.15) is 214 Å². The van der Waals surface area contributed by atoms with Gasteiger partial charge in [-0.2, -0.15) is 0 Å². The SMILES string of the molecule is CC[C@H](C)[C@@H]1NC(=O)[C@H](CC(C)C)N(C)C(=O)C[C@@H](C(=O)N2CCCCC2)N(C)C(=O)[C@H](C2CCCC2)N(C)C(=O)C2(CCCC2)NC(=O)[C@@H]2CCCN2C(=O)[C@H](CCC2CCC3OC(F)(F)OC3C2)NC(=O)CN(C)C(=O)[C@H](CC2CCCCC2)N(C)C(=O)[C@@H]2CCN2C(=O)[C@H](C)N(C)C1=O. The molecule has 102 heavy (non-hydrogen) atoms. The number of carbonyl (C=O) groups is 12. The molecule has 12 amide bonds. The third kappa shape index (κ3) is 18.2. The van der Waals surface area contributed by atoms with E-state index in [1.165, 1.54) is 74.4 Å². The summed E-state index contributed by atoms with van der Waals surface area (Å²) in [5.74, 6) is -8.08. The Bertz CT molecular complexity index is 3050. The molecule has 9 rings (SSSR count). The molecule has 5 saturated heterocycles. The fraction of sp³-hybridized carbons (Fsp3) is 0.838. The molecule has 9 aliphatic rings. The van der Waals surface area contributed by atoms with Crippen LogP contribution in [-0.2, 0) is 67.0 Å². The van der Waals surface area contributed by atoms with E-state index in [0.717, 1.165) is 51.4 Å². The van der Waals surface area contributed by atoms with Crippen LogP contribution in [0.4, 0.5) is 8.78 Å². The minimum atomic E-state index is -3.74. The van der Waals surface area contributed by atoms with Crippen molar-refractivity contribution in [2.45, 2.75) is 293 Å². The zero-order chi connectivity index (χ0) is 74.2. The fourth-order valence-corrected chi connectivity index (χ4v) is 17.8. The molecule has 4 aliphatic carbocycles. The second kappa shape index (κ2) is 34.6. The lowest BCUT2D eigenvalue weighted by Crippen LogP contribution is -2.65. The number of nitrogens with zero attached hydrogens (tertiary/aromatic N) is 9. The number of amides is 12. The lowest BCUT2D eigenvalue weighted by Gasteiger charge is -2.45. The van der Waals surface area contributed by atoms with E-state index in [2.05, 4.69) is 16.0 Å². The maximum Gasteiger partial charge on any atom is 0.486 e. The molecule has 0 aromatic carbocycles. The normalized spacial score (nSPS) is 32.4. The number of likely N-dealkylation sites (tertiary alicyclic amines) is 1. The number of carbonyl (C=O) groups excluding carboxylic acids is 12. The Balaban J connectivity index is 1.07. The van der Waals surface area contributed by atoms with Crippen LogP contribution in [0.3, 0.4) is 0 Å². The Labute approximate surface area is 601 Å². The van der Waals surface area contributed by atoms with E-state index in [9.17, 15) is 28.0 Å². The van der Waals surface area contributed by atoms with Crippen molar-refractivity contribution >= 4 is 70.9 Å². The summed E-state index contributed by atoms with van der Waals surface area (Å²) in [6.45, 7) is 9.51. The first-order chi connectivity index (χ1) is 48.4. The van der Waals surface area contributed by atoms with Crippen molar-refractivity contribution in [3.05, 3.63) is 0 Å². The summed E-state index contributed by atoms with van der Waals surface area (Å²) in [6, 6.07) is -10.5. The number of rotatable bonds is 11. The quantitative estimate of drug-likeness (QED) is 0.241. The van der Waals surface area contributed by atoms with Crippen LogP contribution in [-0.4, -0.2) is 268 Å². The minimum absolute atomic E-state index is 0.0222. The highest BCUT2D eigenvalue weighted by Crippen LogP contribution is 2.43. The molecule has 5 aliphatic heterocycles. The van der Waals surface area contributed by atoms with Crippen LogP contribution >= 0.6 is 0 Å². The number of halogens is 2. The van der Waals surface area contributed by atoms with Crippen LogP contribution in [0.25, 0.3) is 0 Å². The summed E-state index contributed by atoms with van der Waals surface area (Å²) in [6.07, 6.45) is 8.02. The smallest absolute Gasteiger partial charge is 0.343 e. The number of hydrogen-bond acceptors (Lipinski definition) is 14. The number of alkyl halides is 2. The van der Waals surface area contributed by atoms with Crippen LogP contribution in [0, 0.1) is 29.6 Å². The van der Waals surface area contributed by atoms with Crippen molar-refractivity contribution in [3.63, 3.8) is 0 Å². The molecule has 26 nitrogen and oxygen atoms in total. The largest absolute Gasteiger partial charge is 0.486 e. The van der Waals surface area contributed by atoms with Crippen LogP contribution in [0.2, 0.25) is 0 Å². The van der Waals surface area contributed by atoms with Gasteiger partial charge in [-0.25, -0.2) is 0 Å². The van der Waals surface area contributed by atoms with Crippen molar-refractivity contribution in [1.82, 2.24) is 60.0 Å². The lowest BCUT2D eigenvalue weighted by molar-refractivity contribution is -0.351. The van der Waals surface area contributed by atoms with E-state index in [4.69, 9.17) is 9.47 Å². The second-order valence-electron chi connectivity index (χ2n) is 32.0. The van der Waals surface area contributed by atoms with Crippen LogP contribution < -0.4 is 16.0 Å². The standard InChI is InChI=1S/C74H118F2N12O14/c1-12-46(4)61-70(98)81(7)47(5)65(93)88-39-33-53(88)68(96)83(9)55(41-48-24-15-13-16-25-48)67(95)80(6)44-59(89)77-51(31-29-49-30-32-57-58(42-49)102-74(75,76)101-57)66(94)87-38-23-28-52(87)64(92)79-73(34-19-20-35-73)72(100)85(11)62(50-26-17-18-27-50)71(99)84(10)56(69(97)86-36-21-14-22-37-86)43-60(90)82(8)54(40-45(2)3)63(91)78-61/h45-58,61-62H,12-44H2,1-11H3,(H,77,89)(H,78,91)(H,79,92)/t46-,47-,49?,51-,52-,53-,54-,55-,56-,57?,58?,61-,62-/m0/s1. The number of ether oxygens (including phenoxy) is 2. The first-order valence-electron chi connectivity index (χ1n) is 38.5. The van der Waals surface area contributed by atoms with Gasteiger partial charge in [0.15, 0.2) is 0 Å². The average molecular weight is 1440 g/mol. The molecule has 3 N–H and O–H groups in total. The van der Waals surface area contributed by atoms with Gasteiger partial charge < -0.3 is 60.0 Å². The van der Waals surface area contributed by atoms with Crippen molar-refractivity contribution in [3.8, 4) is 0 Å². The van der Waals surface area contributed by atoms with E-state index in [0.29, 0.717) is 70.9 Å². The van der Waals surface area contributed by atoms with Crippen molar-refractivity contribution < 1.29 is 75.8 Å². The Morgan fingerprint density at radius 1 is 0.569 bits per heavy atom. The van der Waals surface area contributed by atoms with E-state index in [1.807, 2.05) is 20.8 Å². The lowest BCUT2D eigenvalue weighted by atomic mass is 9.82. The Morgan fingerprint density at radius 3 is 1.84 bits per heavy atom. The third-order valence-corrected chi connectivity index (χ3v) is 24.6. The van der Waals surface area contributed by atoms with Gasteiger partial charge in [0.25, 0.3) is 0 Å². The number of fused-ring (bicyclic) bond motifs is 3. The predicted molar refractivity (Wildman–Crippen MR) is 373 cm³/mol. The Kier molecular flexibility index (Phi) is 26.9. The zero-order valence-electron chi connectivity index (χ0n) is 62.6. The highest BCUT2D eigenvalue weighted by molar-refractivity contribution is 6.01. The first-order valence-corrected chi connectivity index (χ1v) is 38.5. The van der Waals surface area contributed by atoms with Gasteiger partial charge in [0.2, 0.25) is 70.9 Å². The highest BCUT2D eigenvalue weighted by atomic mass is 19.3. The molecule has 13 atom stereocenters. The van der Waals surface area contributed by atoms with Crippen molar-refractivity contribution in [1.29, 1.82) is 0 Å². The molecule has 3 unspecified atom stereocenters. The van der Waals surface area contributed by atoms with Crippen LogP contribution in [0.15, 0.2) is 0 Å². The summed E-state index contributed by atoms with van der Waals surface area (Å²) in [7, 11) is 8.92. The van der Waals surface area contributed by atoms with Crippen LogP contribution in [0.5, 0.6) is 0 Å². The van der Waals surface area contributed by atoms with E-state index in [-0.39, 0.29) is 101 Å². The number of likely N-dealkylation sites (N-methyl/N-ethyl adjacent to an activating group) is 6. The van der Waals surface area contributed by atoms with Gasteiger partial charge in [0.1, 0.15) is 59.9 Å². The predicted octanol–water partition coefficient (Wildman–Crippen LogP) is 5.17. The van der Waals surface area contributed by atoms with Crippen molar-refractivity contribution in [2.24, 2.45) is 29.6 Å². The fourth-order valence-electron chi connectivity index (χ4n) is 17.8. The molecule has 4 saturated carbocycles. The highest BCUT2D eigenvalue weighted by Gasteiger charge is 2.54. The summed E-state index contributed by atoms with van der Waals surface area (Å²) in [5.41, 5.74) is -1.52. The van der Waals surface area contributed by atoms with Gasteiger partial charge in [-0.15, -0.1) is 8.78 Å². The van der Waals surface area contributed by atoms with Gasteiger partial charge >= 0.3 is 6.29 Å². The molecule has 572 valence electrons. The summed E-state index contributed by atoms with van der Waals surface area (Å²) in [4.78, 5) is 194. The van der Waals surface area contributed by atoms with Gasteiger partial charge in [-0.3, -0.25) is 67.0 Å². The summed E-state index contributed by atoms with van der Waals surface area (Å²) in [5, 5.41) is 9.01. The molecule has 28 heteroatoms. The van der Waals surface area contributed by atoms with E-state index >= 15 is 38.4 Å². The molecule has 0 bridgehead atoms. The number of nitrogens with one attached hydrogen (secondary N) is 3. The molecular weight excluding hydrogens is 1320 g/mol. The topological polar surface area (TPSA) is 289 Å². The molecular formula is C74H118F2N12O14. The van der Waals surface area contributed by atoms with Gasteiger partial charge in [-0.05, 0) is 146 Å². The van der Waals surface area contributed by atoms with E-state index < -0.39 is 168 Å². The summed E-state index contributed by atoms with van der Waals surface area (Å²) < 4.78 is 38.5. The maximum absolute atomic E-state index is 15.8. The second-order valence-corrected chi connectivity index (χ2v) is 32.0. The zero-order valence-corrected chi connectivity index (χ0v) is 62.6. The average Bonchev–Trinajstić information content (AvgIpc) is 1.95. The molecule has 0 radical (unpaired) electrons.